The Bertz CT molecular complexity index is 497. The third kappa shape index (κ3) is 1.97. The molecule has 16 heavy (non-hydrogen) atoms. The van der Waals surface area contributed by atoms with Crippen molar-refractivity contribution in [1.82, 2.24) is 0 Å². The van der Waals surface area contributed by atoms with Crippen LogP contribution >= 0.6 is 22.6 Å². The fraction of sp³-hybridized carbons (Fsp3) is 0.333. The van der Waals surface area contributed by atoms with Crippen molar-refractivity contribution in [2.24, 2.45) is 0 Å². The summed E-state index contributed by atoms with van der Waals surface area (Å²) in [4.78, 5) is 0. The topological polar surface area (TPSA) is 0 Å². The van der Waals surface area contributed by atoms with Gasteiger partial charge >= 0.3 is 0 Å². The van der Waals surface area contributed by atoms with Crippen molar-refractivity contribution < 1.29 is 0 Å². The summed E-state index contributed by atoms with van der Waals surface area (Å²) in [7, 11) is 0. The molecule has 0 saturated heterocycles. The van der Waals surface area contributed by atoms with E-state index in [1.165, 1.54) is 31.4 Å². The Morgan fingerprint density at radius 2 is 1.69 bits per heavy atom. The average molecular weight is 324 g/mol. The Morgan fingerprint density at radius 1 is 1.00 bits per heavy atom. The summed E-state index contributed by atoms with van der Waals surface area (Å²) >= 11 is 2.43. The number of fused-ring (bicyclic) bond motifs is 1. The molecule has 84 valence electrons. The van der Waals surface area contributed by atoms with Gasteiger partial charge in [-0.3, -0.25) is 0 Å². The Labute approximate surface area is 112 Å². The molecule has 0 bridgehead atoms. The molecule has 0 aromatic rings. The molecule has 2 rings (SSSR count). The van der Waals surface area contributed by atoms with Crippen LogP contribution < -0.4 is 0 Å². The first-order valence-corrected chi connectivity index (χ1v) is 6.78. The van der Waals surface area contributed by atoms with Crippen molar-refractivity contribution in [3.05, 3.63) is 44.5 Å². The molecule has 2 aliphatic rings. The molecule has 0 amide bonds. The second-order valence-corrected chi connectivity index (χ2v) is 5.92. The molecule has 0 radical (unpaired) electrons. The van der Waals surface area contributed by atoms with Gasteiger partial charge in [0.25, 0.3) is 0 Å². The van der Waals surface area contributed by atoms with Gasteiger partial charge in [-0.1, -0.05) is 32.0 Å². The molecular formula is C15H17I. The Balaban J connectivity index is 2.77. The fourth-order valence-corrected chi connectivity index (χ4v) is 2.64. The van der Waals surface area contributed by atoms with Crippen LogP contribution in [0.25, 0.3) is 11.1 Å². The normalized spacial score (nSPS) is 11.4. The standard InChI is InChI=1S/C15H17I/c1-9(2)12-6-5-10(3)13-8-15(16)11(4)14(13)7-12/h5-9H,1-4H3. The summed E-state index contributed by atoms with van der Waals surface area (Å²) in [5.74, 6) is 0.585. The SMILES string of the molecule is Cc1ccc(C(C)C)cc2c(C)c(I)cc1-2. The Hall–Kier alpha value is -0.570. The molecule has 1 heteroatoms. The highest BCUT2D eigenvalue weighted by atomic mass is 127. The van der Waals surface area contributed by atoms with Gasteiger partial charge in [0.2, 0.25) is 0 Å². The van der Waals surface area contributed by atoms with Crippen molar-refractivity contribution in [3.63, 3.8) is 0 Å². The number of aryl methyl sites for hydroxylation is 1. The van der Waals surface area contributed by atoms with Crippen LogP contribution in [-0.4, -0.2) is 0 Å². The van der Waals surface area contributed by atoms with E-state index in [0.29, 0.717) is 5.92 Å². The number of hydrogen-bond acceptors (Lipinski definition) is 0. The van der Waals surface area contributed by atoms with E-state index < -0.39 is 0 Å². The van der Waals surface area contributed by atoms with Crippen LogP contribution in [0, 0.1) is 17.4 Å². The second kappa shape index (κ2) is 4.36. The van der Waals surface area contributed by atoms with E-state index in [1.807, 2.05) is 0 Å². The molecule has 0 unspecified atom stereocenters. The molecule has 0 spiro atoms. The highest BCUT2D eigenvalue weighted by Gasteiger charge is 2.13. The maximum absolute atomic E-state index is 2.43. The fourth-order valence-electron chi connectivity index (χ4n) is 2.04. The quantitative estimate of drug-likeness (QED) is 0.638. The van der Waals surface area contributed by atoms with Crippen LogP contribution in [0.5, 0.6) is 0 Å². The zero-order valence-electron chi connectivity index (χ0n) is 10.3. The lowest BCUT2D eigenvalue weighted by molar-refractivity contribution is 0.868. The third-order valence-electron chi connectivity index (χ3n) is 3.25. The summed E-state index contributed by atoms with van der Waals surface area (Å²) in [6.07, 6.45) is 0. The van der Waals surface area contributed by atoms with E-state index in [1.54, 1.807) is 0 Å². The van der Waals surface area contributed by atoms with Gasteiger partial charge in [-0.2, -0.15) is 0 Å². The zero-order valence-corrected chi connectivity index (χ0v) is 12.4. The maximum atomic E-state index is 2.43. The first-order chi connectivity index (χ1) is 7.50. The highest BCUT2D eigenvalue weighted by molar-refractivity contribution is 14.1. The molecule has 0 aliphatic heterocycles. The third-order valence-corrected chi connectivity index (χ3v) is 4.37. The van der Waals surface area contributed by atoms with Gasteiger partial charge in [-0.25, -0.2) is 0 Å². The van der Waals surface area contributed by atoms with Gasteiger partial charge in [0.15, 0.2) is 0 Å². The van der Waals surface area contributed by atoms with Gasteiger partial charge in [0.1, 0.15) is 0 Å². The summed E-state index contributed by atoms with van der Waals surface area (Å²) in [5, 5.41) is 0. The monoisotopic (exact) mass is 324 g/mol. The summed E-state index contributed by atoms with van der Waals surface area (Å²) < 4.78 is 1.37. The van der Waals surface area contributed by atoms with Crippen LogP contribution in [0.4, 0.5) is 0 Å². The van der Waals surface area contributed by atoms with E-state index in [0.717, 1.165) is 0 Å². The first-order valence-electron chi connectivity index (χ1n) is 5.70. The zero-order chi connectivity index (χ0) is 11.9. The minimum absolute atomic E-state index is 0.585. The molecule has 0 N–H and O–H groups in total. The largest absolute Gasteiger partial charge is 0.0587 e. The van der Waals surface area contributed by atoms with E-state index in [-0.39, 0.29) is 0 Å². The van der Waals surface area contributed by atoms with Crippen molar-refractivity contribution in [2.45, 2.75) is 33.6 Å². The lowest BCUT2D eigenvalue weighted by Gasteiger charge is -2.03. The predicted octanol–water partition coefficient (Wildman–Crippen LogP) is 5.14. The predicted molar refractivity (Wildman–Crippen MR) is 79.3 cm³/mol. The molecule has 0 atom stereocenters. The van der Waals surface area contributed by atoms with Gasteiger partial charge in [0, 0.05) is 3.57 Å². The molecule has 0 saturated carbocycles. The van der Waals surface area contributed by atoms with E-state index in [9.17, 15) is 0 Å². The van der Waals surface area contributed by atoms with Crippen molar-refractivity contribution in [3.8, 4) is 11.1 Å². The van der Waals surface area contributed by atoms with E-state index in [2.05, 4.69) is 74.6 Å². The van der Waals surface area contributed by atoms with Crippen LogP contribution in [0.2, 0.25) is 0 Å². The van der Waals surface area contributed by atoms with Gasteiger partial charge < -0.3 is 0 Å². The smallest absolute Gasteiger partial charge is 0.0172 e. The maximum Gasteiger partial charge on any atom is 0.0172 e. The summed E-state index contributed by atoms with van der Waals surface area (Å²) in [6.45, 7) is 8.91. The number of halogens is 1. The van der Waals surface area contributed by atoms with Crippen LogP contribution in [0.1, 0.15) is 36.5 Å². The van der Waals surface area contributed by atoms with Gasteiger partial charge in [-0.05, 0) is 76.2 Å². The molecule has 0 nitrogen and oxygen atoms in total. The van der Waals surface area contributed by atoms with Crippen LogP contribution in [0.3, 0.4) is 0 Å². The lowest BCUT2D eigenvalue weighted by Crippen LogP contribution is -1.84. The lowest BCUT2D eigenvalue weighted by atomic mass is 10.0. The summed E-state index contributed by atoms with van der Waals surface area (Å²) in [5.41, 5.74) is 7.01. The highest BCUT2D eigenvalue weighted by Crippen LogP contribution is 2.35. The second-order valence-electron chi connectivity index (χ2n) is 4.76. The van der Waals surface area contributed by atoms with Gasteiger partial charge in [0.05, 0.1) is 0 Å². The van der Waals surface area contributed by atoms with E-state index in [4.69, 9.17) is 0 Å². The minimum atomic E-state index is 0.585. The molecule has 2 aliphatic carbocycles. The minimum Gasteiger partial charge on any atom is -0.0587 e. The summed E-state index contributed by atoms with van der Waals surface area (Å²) in [6, 6.07) is 9.15. The van der Waals surface area contributed by atoms with Crippen LogP contribution in [-0.2, 0) is 0 Å². The van der Waals surface area contributed by atoms with Crippen molar-refractivity contribution in [1.29, 1.82) is 0 Å². The van der Waals surface area contributed by atoms with E-state index >= 15 is 0 Å². The molecule has 0 aromatic heterocycles. The Morgan fingerprint density at radius 3 is 2.31 bits per heavy atom. The van der Waals surface area contributed by atoms with Crippen molar-refractivity contribution in [2.75, 3.05) is 0 Å². The number of rotatable bonds is 1. The van der Waals surface area contributed by atoms with Crippen molar-refractivity contribution >= 4 is 22.6 Å². The average Bonchev–Trinajstić information content (AvgIpc) is 2.42. The van der Waals surface area contributed by atoms with Crippen LogP contribution in [0.15, 0.2) is 24.3 Å². The molecular weight excluding hydrogens is 307 g/mol. The molecule has 0 fully saturated rings. The molecule has 0 heterocycles. The first kappa shape index (κ1) is 11.9. The van der Waals surface area contributed by atoms with Gasteiger partial charge in [-0.15, -0.1) is 0 Å². The molecule has 0 aromatic carbocycles. The Kier molecular flexibility index (Phi) is 3.24. The number of hydrogen-bond donors (Lipinski definition) is 0.